The largest absolute Gasteiger partial charge is 0.333 e. The fraction of sp³-hybridized carbons (Fsp3) is 0.364. The van der Waals surface area contributed by atoms with Gasteiger partial charge in [-0.2, -0.15) is 0 Å². The molecule has 0 radical (unpaired) electrons. The minimum absolute atomic E-state index is 0.0821. The van der Waals surface area contributed by atoms with Crippen molar-refractivity contribution in [2.24, 2.45) is 0 Å². The van der Waals surface area contributed by atoms with E-state index >= 15 is 0 Å². The molecule has 70 valence electrons. The minimum atomic E-state index is 0.0821. The normalized spacial score (nSPS) is 29.2. The van der Waals surface area contributed by atoms with E-state index in [4.69, 9.17) is 0 Å². The maximum atomic E-state index is 11.1. The first-order chi connectivity index (χ1) is 6.20. The zero-order valence-corrected chi connectivity index (χ0v) is 8.13. The molecule has 0 saturated heterocycles. The molecule has 0 aliphatic carbocycles. The van der Waals surface area contributed by atoms with Gasteiger partial charge in [0.05, 0.1) is 0 Å². The van der Waals surface area contributed by atoms with Gasteiger partial charge < -0.3 is 5.32 Å². The number of hydrogen-bond acceptors (Lipinski definition) is 1. The fourth-order valence-electron chi connectivity index (χ4n) is 1.11. The Hall–Kier alpha value is -1.31. The number of nitrogens with one attached hydrogen (secondary N) is 1. The van der Waals surface area contributed by atoms with Crippen molar-refractivity contribution in [1.82, 2.24) is 5.32 Å². The van der Waals surface area contributed by atoms with Gasteiger partial charge in [0.15, 0.2) is 0 Å². The summed E-state index contributed by atoms with van der Waals surface area (Å²) in [7, 11) is 0. The standard InChI is InChI=1S/C11H15NO/c1-9-5-3-4-8-12-11(13)7-6-10(9)2/h3-5,8H,6-7H2,1-2H3,(H,12,13)/b5-3-,8-4+,10-9+. The highest BCUT2D eigenvalue weighted by molar-refractivity contribution is 5.77. The van der Waals surface area contributed by atoms with Gasteiger partial charge in [-0.3, -0.25) is 4.79 Å². The summed E-state index contributed by atoms with van der Waals surface area (Å²) in [6, 6.07) is 0. The number of allylic oxidation sites excluding steroid dienone is 5. The monoisotopic (exact) mass is 177 g/mol. The van der Waals surface area contributed by atoms with E-state index in [1.165, 1.54) is 11.1 Å². The van der Waals surface area contributed by atoms with E-state index in [1.807, 2.05) is 12.2 Å². The molecule has 2 nitrogen and oxygen atoms in total. The molecule has 0 spiro atoms. The molecule has 0 atom stereocenters. The van der Waals surface area contributed by atoms with Crippen LogP contribution in [0.15, 0.2) is 35.6 Å². The highest BCUT2D eigenvalue weighted by Gasteiger charge is 2.01. The summed E-state index contributed by atoms with van der Waals surface area (Å²) in [6.07, 6.45) is 8.91. The van der Waals surface area contributed by atoms with Gasteiger partial charge in [-0.15, -0.1) is 0 Å². The van der Waals surface area contributed by atoms with Crippen molar-refractivity contribution in [1.29, 1.82) is 0 Å². The lowest BCUT2D eigenvalue weighted by molar-refractivity contribution is -0.120. The molecule has 0 bridgehead atoms. The fourth-order valence-corrected chi connectivity index (χ4v) is 1.11. The van der Waals surface area contributed by atoms with Crippen LogP contribution in [0.25, 0.3) is 0 Å². The first-order valence-corrected chi connectivity index (χ1v) is 4.49. The van der Waals surface area contributed by atoms with E-state index in [0.29, 0.717) is 6.42 Å². The van der Waals surface area contributed by atoms with Gasteiger partial charge in [0, 0.05) is 12.6 Å². The van der Waals surface area contributed by atoms with E-state index in [-0.39, 0.29) is 5.91 Å². The van der Waals surface area contributed by atoms with E-state index in [0.717, 1.165) is 6.42 Å². The Bertz CT molecular complexity index is 284. The topological polar surface area (TPSA) is 29.1 Å². The van der Waals surface area contributed by atoms with Gasteiger partial charge in [-0.05, 0) is 26.3 Å². The molecule has 1 aliphatic rings. The van der Waals surface area contributed by atoms with Crippen LogP contribution in [-0.2, 0) is 4.79 Å². The number of carbonyl (C=O) groups excluding carboxylic acids is 1. The average Bonchev–Trinajstić information content (AvgIpc) is 2.12. The summed E-state index contributed by atoms with van der Waals surface area (Å²) in [5.74, 6) is 0.0821. The van der Waals surface area contributed by atoms with E-state index < -0.39 is 0 Å². The lowest BCUT2D eigenvalue weighted by Crippen LogP contribution is -2.16. The summed E-state index contributed by atoms with van der Waals surface area (Å²) in [6.45, 7) is 4.14. The lowest BCUT2D eigenvalue weighted by atomic mass is 10.1. The van der Waals surface area contributed by atoms with Crippen LogP contribution < -0.4 is 5.32 Å². The Morgan fingerprint density at radius 3 is 2.77 bits per heavy atom. The van der Waals surface area contributed by atoms with Gasteiger partial charge in [-0.1, -0.05) is 23.3 Å². The van der Waals surface area contributed by atoms with Crippen LogP contribution in [0.3, 0.4) is 0 Å². The van der Waals surface area contributed by atoms with Crippen molar-refractivity contribution in [3.8, 4) is 0 Å². The molecular weight excluding hydrogens is 162 g/mol. The van der Waals surface area contributed by atoms with E-state index in [9.17, 15) is 4.79 Å². The molecule has 0 unspecified atom stereocenters. The van der Waals surface area contributed by atoms with Gasteiger partial charge >= 0.3 is 0 Å². The zero-order chi connectivity index (χ0) is 9.68. The zero-order valence-electron chi connectivity index (χ0n) is 8.13. The van der Waals surface area contributed by atoms with Crippen LogP contribution in [0.2, 0.25) is 0 Å². The van der Waals surface area contributed by atoms with Crippen LogP contribution >= 0.6 is 0 Å². The third-order valence-corrected chi connectivity index (χ3v) is 2.20. The van der Waals surface area contributed by atoms with Gasteiger partial charge in [0.1, 0.15) is 0 Å². The predicted molar refractivity (Wildman–Crippen MR) is 54.0 cm³/mol. The van der Waals surface area contributed by atoms with Crippen molar-refractivity contribution in [3.05, 3.63) is 35.6 Å². The maximum absolute atomic E-state index is 11.1. The van der Waals surface area contributed by atoms with Gasteiger partial charge in [0.2, 0.25) is 5.91 Å². The van der Waals surface area contributed by atoms with Crippen LogP contribution in [0.1, 0.15) is 26.7 Å². The van der Waals surface area contributed by atoms with E-state index in [1.54, 1.807) is 6.20 Å². The third-order valence-electron chi connectivity index (χ3n) is 2.20. The van der Waals surface area contributed by atoms with Gasteiger partial charge in [0.25, 0.3) is 0 Å². The molecule has 0 fully saturated rings. The molecule has 2 heteroatoms. The van der Waals surface area contributed by atoms with Crippen molar-refractivity contribution in [3.63, 3.8) is 0 Å². The van der Waals surface area contributed by atoms with Crippen molar-refractivity contribution < 1.29 is 4.79 Å². The molecule has 0 aromatic heterocycles. The molecule has 0 aromatic rings. The summed E-state index contributed by atoms with van der Waals surface area (Å²) in [5, 5.41) is 2.69. The van der Waals surface area contributed by atoms with Gasteiger partial charge in [-0.25, -0.2) is 0 Å². The lowest BCUT2D eigenvalue weighted by Gasteiger charge is -2.05. The smallest absolute Gasteiger partial charge is 0.224 e. The molecule has 0 saturated carbocycles. The minimum Gasteiger partial charge on any atom is -0.333 e. The SMILES string of the molecule is CC1=C(/C)CCC(=O)N/C=C/C=C\1. The molecule has 1 aliphatic heterocycles. The second-order valence-electron chi connectivity index (χ2n) is 3.25. The Labute approximate surface area is 79.0 Å². The molecule has 1 amide bonds. The maximum Gasteiger partial charge on any atom is 0.224 e. The molecule has 0 aromatic carbocycles. The quantitative estimate of drug-likeness (QED) is 0.604. The van der Waals surface area contributed by atoms with Crippen molar-refractivity contribution in [2.75, 3.05) is 0 Å². The molecular formula is C11H15NO. The Morgan fingerprint density at radius 2 is 2.00 bits per heavy atom. The molecule has 1 heterocycles. The first kappa shape index (κ1) is 9.78. The summed E-state index contributed by atoms with van der Waals surface area (Å²) >= 11 is 0. The summed E-state index contributed by atoms with van der Waals surface area (Å²) < 4.78 is 0. The van der Waals surface area contributed by atoms with Crippen LogP contribution in [-0.4, -0.2) is 5.91 Å². The number of carbonyl (C=O) groups is 1. The highest BCUT2D eigenvalue weighted by Crippen LogP contribution is 2.11. The van der Waals surface area contributed by atoms with Crippen LogP contribution in [0, 0.1) is 0 Å². The Balaban J connectivity index is 2.80. The number of rotatable bonds is 0. The van der Waals surface area contributed by atoms with Crippen LogP contribution in [0.4, 0.5) is 0 Å². The number of hydrogen-bond donors (Lipinski definition) is 1. The Kier molecular flexibility index (Phi) is 3.50. The first-order valence-electron chi connectivity index (χ1n) is 4.49. The highest BCUT2D eigenvalue weighted by atomic mass is 16.1. The van der Waals surface area contributed by atoms with E-state index in [2.05, 4.69) is 25.2 Å². The molecule has 1 N–H and O–H groups in total. The van der Waals surface area contributed by atoms with Crippen molar-refractivity contribution in [2.45, 2.75) is 26.7 Å². The van der Waals surface area contributed by atoms with Crippen LogP contribution in [0.5, 0.6) is 0 Å². The number of amides is 1. The molecule has 1 rings (SSSR count). The molecule has 13 heavy (non-hydrogen) atoms. The summed E-state index contributed by atoms with van der Waals surface area (Å²) in [5.41, 5.74) is 2.53. The second kappa shape index (κ2) is 4.65. The van der Waals surface area contributed by atoms with Crippen molar-refractivity contribution >= 4 is 5.91 Å². The Morgan fingerprint density at radius 1 is 1.23 bits per heavy atom. The second-order valence-corrected chi connectivity index (χ2v) is 3.25. The summed E-state index contributed by atoms with van der Waals surface area (Å²) in [4.78, 5) is 11.1. The average molecular weight is 177 g/mol. The third kappa shape index (κ3) is 3.28. The predicted octanol–water partition coefficient (Wildman–Crippen LogP) is 2.30.